The van der Waals surface area contributed by atoms with Gasteiger partial charge in [0.05, 0.1) is 6.61 Å². The van der Waals surface area contributed by atoms with Crippen molar-refractivity contribution in [1.29, 1.82) is 0 Å². The highest BCUT2D eigenvalue weighted by molar-refractivity contribution is 5.47. The maximum Gasteiger partial charge on any atom is 0.0632 e. The van der Waals surface area contributed by atoms with E-state index in [2.05, 4.69) is 48.3 Å². The number of aliphatic hydroxyl groups is 1. The van der Waals surface area contributed by atoms with Crippen LogP contribution in [0.1, 0.15) is 26.3 Å². The summed E-state index contributed by atoms with van der Waals surface area (Å²) in [5.41, 5.74) is 2.42. The van der Waals surface area contributed by atoms with Crippen molar-refractivity contribution in [3.63, 3.8) is 0 Å². The summed E-state index contributed by atoms with van der Waals surface area (Å²) >= 11 is 0. The van der Waals surface area contributed by atoms with Gasteiger partial charge in [0.15, 0.2) is 0 Å². The van der Waals surface area contributed by atoms with E-state index >= 15 is 0 Å². The van der Waals surface area contributed by atoms with Crippen LogP contribution >= 0.6 is 0 Å². The molecule has 3 heteroatoms. The van der Waals surface area contributed by atoms with E-state index in [0.29, 0.717) is 6.04 Å². The summed E-state index contributed by atoms with van der Waals surface area (Å²) in [4.78, 5) is 2.08. The fraction of sp³-hybridized carbons (Fsp3) is 0.571. The maximum absolute atomic E-state index is 9.11. The molecular formula is C14H24N2O. The summed E-state index contributed by atoms with van der Waals surface area (Å²) in [6.45, 7) is 7.37. The molecule has 0 amide bonds. The normalized spacial score (nSPS) is 12.8. The summed E-state index contributed by atoms with van der Waals surface area (Å²) in [7, 11) is 2.00. The molecule has 1 unspecified atom stereocenters. The van der Waals surface area contributed by atoms with Gasteiger partial charge >= 0.3 is 0 Å². The van der Waals surface area contributed by atoms with E-state index in [9.17, 15) is 0 Å². The van der Waals surface area contributed by atoms with Crippen LogP contribution in [0.2, 0.25) is 0 Å². The lowest BCUT2D eigenvalue weighted by molar-refractivity contribution is 0.270. The monoisotopic (exact) mass is 236 g/mol. The summed E-state index contributed by atoms with van der Waals surface area (Å²) in [6.07, 6.45) is 0. The van der Waals surface area contributed by atoms with E-state index in [1.807, 2.05) is 14.0 Å². The molecule has 0 aromatic heterocycles. The number of benzene rings is 1. The van der Waals surface area contributed by atoms with E-state index < -0.39 is 0 Å². The van der Waals surface area contributed by atoms with Crippen LogP contribution < -0.4 is 10.2 Å². The Morgan fingerprint density at radius 2 is 1.76 bits per heavy atom. The zero-order chi connectivity index (χ0) is 12.8. The summed E-state index contributed by atoms with van der Waals surface area (Å²) < 4.78 is 0. The Balaban J connectivity index is 2.61. The first-order valence-corrected chi connectivity index (χ1v) is 6.20. The molecule has 1 aromatic rings. The molecular weight excluding hydrogens is 212 g/mol. The van der Waals surface area contributed by atoms with Gasteiger partial charge in [-0.05, 0) is 24.6 Å². The molecule has 96 valence electrons. The number of hydrogen-bond donors (Lipinski definition) is 2. The van der Waals surface area contributed by atoms with E-state index in [-0.39, 0.29) is 12.6 Å². The van der Waals surface area contributed by atoms with Crippen LogP contribution in [0.25, 0.3) is 0 Å². The molecule has 0 spiro atoms. The predicted molar refractivity (Wildman–Crippen MR) is 73.4 cm³/mol. The van der Waals surface area contributed by atoms with E-state index in [1.54, 1.807) is 0 Å². The van der Waals surface area contributed by atoms with Gasteiger partial charge in [-0.2, -0.15) is 0 Å². The Morgan fingerprint density at radius 3 is 2.24 bits per heavy atom. The number of aliphatic hydroxyl groups excluding tert-OH is 1. The average Bonchev–Trinajstić information content (AvgIpc) is 2.35. The van der Waals surface area contributed by atoms with Crippen LogP contribution in [0.5, 0.6) is 0 Å². The summed E-state index contributed by atoms with van der Waals surface area (Å²) in [6, 6.07) is 9.12. The van der Waals surface area contributed by atoms with Gasteiger partial charge in [-0.25, -0.2) is 0 Å². The quantitative estimate of drug-likeness (QED) is 0.793. The number of hydrogen-bond acceptors (Lipinski definition) is 3. The van der Waals surface area contributed by atoms with Gasteiger partial charge in [-0.15, -0.1) is 0 Å². The SMILES string of the molecule is CC(C)NCc1ccc(N(C)C(C)CO)cc1. The number of nitrogens with zero attached hydrogens (tertiary/aromatic N) is 1. The zero-order valence-electron chi connectivity index (χ0n) is 11.3. The molecule has 17 heavy (non-hydrogen) atoms. The minimum absolute atomic E-state index is 0.148. The van der Waals surface area contributed by atoms with Gasteiger partial charge in [0, 0.05) is 31.4 Å². The van der Waals surface area contributed by atoms with Crippen LogP contribution in [-0.4, -0.2) is 30.8 Å². The lowest BCUT2D eigenvalue weighted by atomic mass is 10.1. The van der Waals surface area contributed by atoms with Crippen molar-refractivity contribution >= 4 is 5.69 Å². The van der Waals surface area contributed by atoms with E-state index in [0.717, 1.165) is 12.2 Å². The van der Waals surface area contributed by atoms with Gasteiger partial charge in [-0.1, -0.05) is 26.0 Å². The standard InChI is InChI=1S/C14H24N2O/c1-11(2)15-9-13-5-7-14(8-6-13)16(4)12(3)10-17/h5-8,11-12,15,17H,9-10H2,1-4H3. The Hall–Kier alpha value is -1.06. The van der Waals surface area contributed by atoms with Gasteiger partial charge < -0.3 is 15.3 Å². The third-order valence-electron chi connectivity index (χ3n) is 2.98. The largest absolute Gasteiger partial charge is 0.394 e. The molecule has 0 heterocycles. The second-order valence-corrected chi connectivity index (χ2v) is 4.84. The third kappa shape index (κ3) is 4.36. The second-order valence-electron chi connectivity index (χ2n) is 4.84. The lowest BCUT2D eigenvalue weighted by Crippen LogP contribution is -2.31. The molecule has 0 saturated heterocycles. The highest BCUT2D eigenvalue weighted by atomic mass is 16.3. The molecule has 0 saturated carbocycles. The number of likely N-dealkylation sites (N-methyl/N-ethyl adjacent to an activating group) is 1. The Bertz CT molecular complexity index is 321. The van der Waals surface area contributed by atoms with E-state index in [4.69, 9.17) is 5.11 Å². The van der Waals surface area contributed by atoms with Crippen LogP contribution in [0.15, 0.2) is 24.3 Å². The van der Waals surface area contributed by atoms with Crippen molar-refractivity contribution < 1.29 is 5.11 Å². The molecule has 0 fully saturated rings. The first kappa shape index (κ1) is 14.0. The minimum Gasteiger partial charge on any atom is -0.394 e. The van der Waals surface area contributed by atoms with Crippen LogP contribution in [0, 0.1) is 0 Å². The third-order valence-corrected chi connectivity index (χ3v) is 2.98. The molecule has 1 atom stereocenters. The van der Waals surface area contributed by atoms with Crippen molar-refractivity contribution in [3.8, 4) is 0 Å². The first-order chi connectivity index (χ1) is 8.04. The van der Waals surface area contributed by atoms with Crippen LogP contribution in [-0.2, 0) is 6.54 Å². The Morgan fingerprint density at radius 1 is 1.18 bits per heavy atom. The fourth-order valence-corrected chi connectivity index (χ4v) is 1.55. The topological polar surface area (TPSA) is 35.5 Å². The van der Waals surface area contributed by atoms with Gasteiger partial charge in [0.2, 0.25) is 0 Å². The first-order valence-electron chi connectivity index (χ1n) is 6.20. The van der Waals surface area contributed by atoms with Gasteiger partial charge in [0.25, 0.3) is 0 Å². The predicted octanol–water partition coefficient (Wildman–Crippen LogP) is 2.00. The average molecular weight is 236 g/mol. The Labute approximate surface area is 104 Å². The highest BCUT2D eigenvalue weighted by Gasteiger charge is 2.08. The molecule has 2 N–H and O–H groups in total. The second kappa shape index (κ2) is 6.62. The maximum atomic E-state index is 9.11. The number of anilines is 1. The molecule has 0 bridgehead atoms. The van der Waals surface area contributed by atoms with Crippen molar-refractivity contribution in [2.24, 2.45) is 0 Å². The lowest BCUT2D eigenvalue weighted by Gasteiger charge is -2.25. The molecule has 0 aliphatic carbocycles. The zero-order valence-corrected chi connectivity index (χ0v) is 11.3. The summed E-state index contributed by atoms with van der Waals surface area (Å²) in [5.74, 6) is 0. The molecule has 1 rings (SSSR count). The minimum atomic E-state index is 0.148. The molecule has 1 aromatic carbocycles. The van der Waals surface area contributed by atoms with Crippen molar-refractivity contribution in [1.82, 2.24) is 5.32 Å². The smallest absolute Gasteiger partial charge is 0.0632 e. The molecule has 0 aliphatic rings. The Kier molecular flexibility index (Phi) is 5.45. The van der Waals surface area contributed by atoms with E-state index in [1.165, 1.54) is 5.56 Å². The number of nitrogens with one attached hydrogen (secondary N) is 1. The van der Waals surface area contributed by atoms with Crippen molar-refractivity contribution in [2.45, 2.75) is 39.4 Å². The van der Waals surface area contributed by atoms with Crippen LogP contribution in [0.4, 0.5) is 5.69 Å². The van der Waals surface area contributed by atoms with Gasteiger partial charge in [-0.3, -0.25) is 0 Å². The molecule has 0 radical (unpaired) electrons. The van der Waals surface area contributed by atoms with Crippen molar-refractivity contribution in [2.75, 3.05) is 18.6 Å². The van der Waals surface area contributed by atoms with Crippen LogP contribution in [0.3, 0.4) is 0 Å². The summed E-state index contributed by atoms with van der Waals surface area (Å²) in [5, 5.41) is 12.5. The molecule has 0 aliphatic heterocycles. The molecule has 3 nitrogen and oxygen atoms in total. The van der Waals surface area contributed by atoms with Gasteiger partial charge in [0.1, 0.15) is 0 Å². The fourth-order valence-electron chi connectivity index (χ4n) is 1.55. The highest BCUT2D eigenvalue weighted by Crippen LogP contribution is 2.16. The van der Waals surface area contributed by atoms with Crippen molar-refractivity contribution in [3.05, 3.63) is 29.8 Å². The number of rotatable bonds is 6.